The molecule has 6 nitrogen and oxygen atoms in total. The van der Waals surface area contributed by atoms with Gasteiger partial charge in [0.15, 0.2) is 5.16 Å². The van der Waals surface area contributed by atoms with Crippen LogP contribution < -0.4 is 9.47 Å². The fourth-order valence-electron chi connectivity index (χ4n) is 4.36. The maximum Gasteiger partial charge on any atom is 0.191 e. The van der Waals surface area contributed by atoms with Gasteiger partial charge in [-0.15, -0.1) is 16.8 Å². The molecule has 0 amide bonds. The van der Waals surface area contributed by atoms with Crippen molar-refractivity contribution in [3.63, 3.8) is 0 Å². The van der Waals surface area contributed by atoms with Crippen molar-refractivity contribution in [3.8, 4) is 11.5 Å². The van der Waals surface area contributed by atoms with Gasteiger partial charge in [0.2, 0.25) is 0 Å². The minimum atomic E-state index is 0.391. The van der Waals surface area contributed by atoms with Gasteiger partial charge in [-0.1, -0.05) is 47.6 Å². The molecule has 0 aliphatic carbocycles. The number of halogens is 1. The average Bonchev–Trinajstić information content (AvgIpc) is 3.26. The first-order chi connectivity index (χ1) is 16.6. The summed E-state index contributed by atoms with van der Waals surface area (Å²) in [6, 6.07) is 14.0. The van der Waals surface area contributed by atoms with Gasteiger partial charge in [-0.3, -0.25) is 4.90 Å². The van der Waals surface area contributed by atoms with Gasteiger partial charge in [-0.25, -0.2) is 0 Å². The lowest BCUT2D eigenvalue weighted by Crippen LogP contribution is -2.33. The molecule has 34 heavy (non-hydrogen) atoms. The van der Waals surface area contributed by atoms with Crippen LogP contribution in [0.2, 0.25) is 5.02 Å². The Balaban J connectivity index is 1.39. The second-order valence-electron chi connectivity index (χ2n) is 8.39. The largest absolute Gasteiger partial charge is 0.497 e. The molecule has 0 radical (unpaired) electrons. The van der Waals surface area contributed by atoms with Crippen LogP contribution in [0.3, 0.4) is 0 Å². The molecule has 1 saturated heterocycles. The molecule has 2 heterocycles. The number of piperidine rings is 1. The number of hydrogen-bond donors (Lipinski definition) is 0. The van der Waals surface area contributed by atoms with Crippen LogP contribution in [0.5, 0.6) is 11.5 Å². The van der Waals surface area contributed by atoms with E-state index in [1.54, 1.807) is 26.0 Å². The topological polar surface area (TPSA) is 52.4 Å². The lowest BCUT2D eigenvalue weighted by Gasteiger charge is -2.32. The number of methoxy groups -OCH3 is 2. The third kappa shape index (κ3) is 5.95. The summed E-state index contributed by atoms with van der Waals surface area (Å²) >= 11 is 7.83. The molecule has 0 atom stereocenters. The average molecular weight is 499 g/mol. The molecule has 1 aliphatic rings. The van der Waals surface area contributed by atoms with Gasteiger partial charge in [0.05, 0.1) is 14.2 Å². The van der Waals surface area contributed by atoms with Crippen LogP contribution in [0.15, 0.2) is 60.3 Å². The zero-order chi connectivity index (χ0) is 23.9. The Morgan fingerprint density at radius 3 is 2.65 bits per heavy atom. The summed E-state index contributed by atoms with van der Waals surface area (Å²) < 4.78 is 13.1. The van der Waals surface area contributed by atoms with E-state index in [4.69, 9.17) is 21.1 Å². The molecule has 0 spiro atoms. The van der Waals surface area contributed by atoms with Crippen molar-refractivity contribution in [2.24, 2.45) is 0 Å². The molecule has 0 bridgehead atoms. The number of thioether (sulfide) groups is 1. The second kappa shape index (κ2) is 11.8. The van der Waals surface area contributed by atoms with Crippen LogP contribution in [-0.2, 0) is 18.8 Å². The van der Waals surface area contributed by atoms with Crippen LogP contribution in [0.25, 0.3) is 0 Å². The normalized spacial score (nSPS) is 14.8. The van der Waals surface area contributed by atoms with Crippen LogP contribution in [-0.4, -0.2) is 47.0 Å². The van der Waals surface area contributed by atoms with Crippen molar-refractivity contribution < 1.29 is 9.47 Å². The number of nitrogens with zero attached hydrogens (tertiary/aromatic N) is 4. The van der Waals surface area contributed by atoms with Crippen LogP contribution >= 0.6 is 23.4 Å². The van der Waals surface area contributed by atoms with Gasteiger partial charge in [0, 0.05) is 41.4 Å². The summed E-state index contributed by atoms with van der Waals surface area (Å²) in [4.78, 5) is 2.48. The van der Waals surface area contributed by atoms with E-state index in [2.05, 4.69) is 38.4 Å². The van der Waals surface area contributed by atoms with Crippen molar-refractivity contribution in [3.05, 3.63) is 77.1 Å². The van der Waals surface area contributed by atoms with Gasteiger partial charge >= 0.3 is 0 Å². The standard InChI is InChI=1S/C26H31ClN4O2S/c1-4-12-31-25(28-29-26(31)34-18-19-6-5-7-22(27)15-19)20-10-13-30(14-11-20)17-21-8-9-23(32-2)16-24(21)33-3/h4-9,15-16,20H,1,10-14,17-18H2,2-3H3. The van der Waals surface area contributed by atoms with Gasteiger partial charge in [-0.2, -0.15) is 0 Å². The van der Waals surface area contributed by atoms with Crippen molar-refractivity contribution in [1.82, 2.24) is 19.7 Å². The van der Waals surface area contributed by atoms with Gasteiger partial charge in [0.25, 0.3) is 0 Å². The van der Waals surface area contributed by atoms with Crippen molar-refractivity contribution in [2.75, 3.05) is 27.3 Å². The lowest BCUT2D eigenvalue weighted by atomic mass is 9.95. The third-order valence-electron chi connectivity index (χ3n) is 6.16. The Bertz CT molecular complexity index is 1110. The molecule has 1 aliphatic heterocycles. The number of benzene rings is 2. The SMILES string of the molecule is C=CCn1c(SCc2cccc(Cl)c2)nnc1C1CCN(Cc2ccc(OC)cc2OC)CC1. The van der Waals surface area contributed by atoms with E-state index in [1.165, 1.54) is 11.1 Å². The Hall–Kier alpha value is -2.48. The molecule has 8 heteroatoms. The van der Waals surface area contributed by atoms with Crippen LogP contribution in [0, 0.1) is 0 Å². The summed E-state index contributed by atoms with van der Waals surface area (Å²) in [5, 5.41) is 10.8. The molecular weight excluding hydrogens is 468 g/mol. The predicted molar refractivity (Wildman–Crippen MR) is 138 cm³/mol. The fourth-order valence-corrected chi connectivity index (χ4v) is 5.47. The van der Waals surface area contributed by atoms with Crippen LogP contribution in [0.1, 0.15) is 35.7 Å². The van der Waals surface area contributed by atoms with Crippen molar-refractivity contribution in [2.45, 2.75) is 42.8 Å². The first-order valence-electron chi connectivity index (χ1n) is 11.5. The highest BCUT2D eigenvalue weighted by Gasteiger charge is 2.26. The number of hydrogen-bond acceptors (Lipinski definition) is 6. The van der Waals surface area contributed by atoms with Gasteiger partial charge in [0.1, 0.15) is 17.3 Å². The number of rotatable bonds is 10. The summed E-state index contributed by atoms with van der Waals surface area (Å²) in [5.41, 5.74) is 2.35. The lowest BCUT2D eigenvalue weighted by molar-refractivity contribution is 0.198. The highest BCUT2D eigenvalue weighted by molar-refractivity contribution is 7.98. The quantitative estimate of drug-likeness (QED) is 0.260. The molecule has 180 valence electrons. The first-order valence-corrected chi connectivity index (χ1v) is 12.8. The Morgan fingerprint density at radius 1 is 1.12 bits per heavy atom. The molecule has 0 N–H and O–H groups in total. The highest BCUT2D eigenvalue weighted by Crippen LogP contribution is 2.32. The molecule has 3 aromatic rings. The monoisotopic (exact) mass is 498 g/mol. The zero-order valence-corrected chi connectivity index (χ0v) is 21.3. The minimum Gasteiger partial charge on any atom is -0.497 e. The Kier molecular flexibility index (Phi) is 8.53. The van der Waals surface area contributed by atoms with Crippen LogP contribution in [0.4, 0.5) is 0 Å². The summed E-state index contributed by atoms with van der Waals surface area (Å²) in [6.07, 6.45) is 4.01. The van der Waals surface area contributed by atoms with Gasteiger partial charge < -0.3 is 14.0 Å². The Labute approximate surface area is 210 Å². The van der Waals surface area contributed by atoms with Crippen molar-refractivity contribution in [1.29, 1.82) is 0 Å². The Morgan fingerprint density at radius 2 is 1.94 bits per heavy atom. The van der Waals surface area contributed by atoms with E-state index in [-0.39, 0.29) is 0 Å². The molecule has 2 aromatic carbocycles. The number of aromatic nitrogens is 3. The molecule has 4 rings (SSSR count). The maximum absolute atomic E-state index is 6.13. The summed E-state index contributed by atoms with van der Waals surface area (Å²) in [5.74, 6) is 3.94. The fraction of sp³-hybridized carbons (Fsp3) is 0.385. The van der Waals surface area contributed by atoms with Crippen molar-refractivity contribution >= 4 is 23.4 Å². The summed E-state index contributed by atoms with van der Waals surface area (Å²) in [6.45, 7) is 7.53. The second-order valence-corrected chi connectivity index (χ2v) is 9.77. The predicted octanol–water partition coefficient (Wildman–Crippen LogP) is 5.81. The molecule has 1 aromatic heterocycles. The van der Waals surface area contributed by atoms with E-state index in [1.807, 2.05) is 36.4 Å². The maximum atomic E-state index is 6.13. The minimum absolute atomic E-state index is 0.391. The van der Waals surface area contributed by atoms with E-state index < -0.39 is 0 Å². The zero-order valence-electron chi connectivity index (χ0n) is 19.7. The molecule has 0 saturated carbocycles. The van der Waals surface area contributed by atoms with E-state index in [0.29, 0.717) is 12.5 Å². The molecule has 0 unspecified atom stereocenters. The number of ether oxygens (including phenoxy) is 2. The highest BCUT2D eigenvalue weighted by atomic mass is 35.5. The van der Waals surface area contributed by atoms with E-state index >= 15 is 0 Å². The number of likely N-dealkylation sites (tertiary alicyclic amines) is 1. The molecule has 1 fully saturated rings. The first kappa shape index (κ1) is 24.6. The smallest absolute Gasteiger partial charge is 0.191 e. The van der Waals surface area contributed by atoms with E-state index in [0.717, 1.165) is 65.7 Å². The summed E-state index contributed by atoms with van der Waals surface area (Å²) in [7, 11) is 3.38. The van der Waals surface area contributed by atoms with E-state index in [9.17, 15) is 0 Å². The molecular formula is C26H31ClN4O2S. The third-order valence-corrected chi connectivity index (χ3v) is 7.43. The number of allylic oxidation sites excluding steroid dienone is 1. The van der Waals surface area contributed by atoms with Gasteiger partial charge in [-0.05, 0) is 49.7 Å².